The molecule has 0 aromatic heterocycles. The van der Waals surface area contributed by atoms with Crippen LogP contribution in [0.2, 0.25) is 0 Å². The first-order valence-electron chi connectivity index (χ1n) is 13.2. The van der Waals surface area contributed by atoms with Crippen LogP contribution in [0, 0.1) is 40.4 Å². The van der Waals surface area contributed by atoms with Gasteiger partial charge < -0.3 is 10.0 Å². The van der Waals surface area contributed by atoms with Gasteiger partial charge in [0.2, 0.25) is 5.91 Å². The Kier molecular flexibility index (Phi) is 6.08. The minimum absolute atomic E-state index is 0.120. The number of aliphatic carboxylic acids is 1. The second kappa shape index (κ2) is 8.17. The van der Waals surface area contributed by atoms with Crippen molar-refractivity contribution >= 4 is 11.9 Å². The van der Waals surface area contributed by atoms with Gasteiger partial charge >= 0.3 is 5.97 Å². The summed E-state index contributed by atoms with van der Waals surface area (Å²) in [5.41, 5.74) is 2.18. The molecule has 4 rings (SSSR count). The molecule has 0 aliphatic heterocycles. The number of nitrogens with zero attached hydrogens (tertiary/aromatic N) is 1. The van der Waals surface area contributed by atoms with Crippen LogP contribution in [-0.2, 0) is 9.59 Å². The van der Waals surface area contributed by atoms with E-state index in [0.717, 1.165) is 37.7 Å². The van der Waals surface area contributed by atoms with Crippen molar-refractivity contribution in [2.45, 2.75) is 112 Å². The van der Waals surface area contributed by atoms with Gasteiger partial charge in [-0.25, -0.2) is 4.79 Å². The standard InChI is InChI=1S/C28H45NO3/c1-16(2)29(17(3)4)25(30)24-11-10-22-20-8-9-21-18(5)19(26(31)32)12-14-27(21,6)23(20)13-15-28(22,24)7/h16-17,20-24H,8-15H2,1-7H3,(H,31,32)/t20-,21?,22-,23+,24?,27-,28-/m0/s1. The van der Waals surface area contributed by atoms with E-state index in [1.807, 2.05) is 0 Å². The van der Waals surface area contributed by atoms with Crippen LogP contribution in [0.5, 0.6) is 0 Å². The number of fused-ring (bicyclic) bond motifs is 5. The number of carboxylic acids is 1. The highest BCUT2D eigenvalue weighted by molar-refractivity contribution is 5.87. The summed E-state index contributed by atoms with van der Waals surface area (Å²) in [5, 5.41) is 9.68. The van der Waals surface area contributed by atoms with E-state index in [4.69, 9.17) is 0 Å². The lowest BCUT2D eigenvalue weighted by Gasteiger charge is -2.60. The summed E-state index contributed by atoms with van der Waals surface area (Å²) in [6, 6.07) is 0.493. The van der Waals surface area contributed by atoms with E-state index in [2.05, 4.69) is 53.4 Å². The Balaban J connectivity index is 1.60. The molecule has 1 amide bonds. The van der Waals surface area contributed by atoms with E-state index < -0.39 is 5.97 Å². The first-order valence-corrected chi connectivity index (χ1v) is 13.2. The molecule has 0 bridgehead atoms. The molecule has 0 heterocycles. The van der Waals surface area contributed by atoms with E-state index in [0.29, 0.717) is 35.2 Å². The van der Waals surface area contributed by atoms with Crippen molar-refractivity contribution in [2.75, 3.05) is 0 Å². The van der Waals surface area contributed by atoms with E-state index in [1.54, 1.807) is 0 Å². The largest absolute Gasteiger partial charge is 0.478 e. The van der Waals surface area contributed by atoms with Gasteiger partial charge in [-0.2, -0.15) is 0 Å². The van der Waals surface area contributed by atoms with Crippen LogP contribution in [0.4, 0.5) is 0 Å². The summed E-state index contributed by atoms with van der Waals surface area (Å²) in [6.45, 7) is 15.6. The smallest absolute Gasteiger partial charge is 0.331 e. The molecular weight excluding hydrogens is 398 g/mol. The maximum Gasteiger partial charge on any atom is 0.331 e. The SMILES string of the molecule is CC1=C(C(=O)O)CC[C@@]2(C)C1CC[C@@H]1[C@H]2CC[C@]2(C)C(C(=O)N(C(C)C)C(C)C)CC[C@@H]12. The lowest BCUT2D eigenvalue weighted by molar-refractivity contribution is -0.148. The van der Waals surface area contributed by atoms with Crippen LogP contribution in [0.25, 0.3) is 0 Å². The molecule has 4 aliphatic rings. The Morgan fingerprint density at radius 3 is 2.12 bits per heavy atom. The zero-order valence-corrected chi connectivity index (χ0v) is 21.4. The average molecular weight is 444 g/mol. The number of rotatable bonds is 4. The van der Waals surface area contributed by atoms with Crippen molar-refractivity contribution in [1.29, 1.82) is 0 Å². The third-order valence-corrected chi connectivity index (χ3v) is 10.7. The maximum absolute atomic E-state index is 13.7. The molecule has 1 N–H and O–H groups in total. The van der Waals surface area contributed by atoms with Crippen molar-refractivity contribution in [3.8, 4) is 0 Å². The fourth-order valence-corrected chi connectivity index (χ4v) is 9.30. The summed E-state index contributed by atoms with van der Waals surface area (Å²) in [6.07, 6.45) is 8.64. The van der Waals surface area contributed by atoms with Crippen molar-refractivity contribution in [3.05, 3.63) is 11.1 Å². The van der Waals surface area contributed by atoms with Gasteiger partial charge in [-0.05, 0) is 120 Å². The predicted octanol–water partition coefficient (Wildman–Crippen LogP) is 6.30. The van der Waals surface area contributed by atoms with Crippen LogP contribution in [0.3, 0.4) is 0 Å². The van der Waals surface area contributed by atoms with E-state index in [-0.39, 0.29) is 28.8 Å². The fourth-order valence-electron chi connectivity index (χ4n) is 9.30. The third-order valence-electron chi connectivity index (χ3n) is 10.7. The molecule has 4 nitrogen and oxygen atoms in total. The van der Waals surface area contributed by atoms with Crippen LogP contribution >= 0.6 is 0 Å². The Morgan fingerprint density at radius 2 is 1.53 bits per heavy atom. The topological polar surface area (TPSA) is 57.6 Å². The average Bonchev–Trinajstić information content (AvgIpc) is 3.04. The van der Waals surface area contributed by atoms with E-state index in [1.165, 1.54) is 19.3 Å². The monoisotopic (exact) mass is 443 g/mol. The quantitative estimate of drug-likeness (QED) is 0.554. The van der Waals surface area contributed by atoms with Gasteiger partial charge in [0.05, 0.1) is 0 Å². The molecule has 0 aromatic rings. The summed E-state index contributed by atoms with van der Waals surface area (Å²) in [7, 11) is 0. The van der Waals surface area contributed by atoms with Gasteiger partial charge in [0, 0.05) is 23.6 Å². The molecule has 180 valence electrons. The van der Waals surface area contributed by atoms with Gasteiger partial charge in [-0.15, -0.1) is 0 Å². The fraction of sp³-hybridized carbons (Fsp3) is 0.857. The van der Waals surface area contributed by atoms with Gasteiger partial charge in [0.25, 0.3) is 0 Å². The third kappa shape index (κ3) is 3.38. The van der Waals surface area contributed by atoms with Gasteiger partial charge in [-0.3, -0.25) is 4.79 Å². The van der Waals surface area contributed by atoms with Gasteiger partial charge in [-0.1, -0.05) is 19.4 Å². The number of allylic oxidation sites excluding steroid dienone is 1. The van der Waals surface area contributed by atoms with Crippen molar-refractivity contribution in [1.82, 2.24) is 4.90 Å². The lowest BCUT2D eigenvalue weighted by atomic mass is 9.44. The molecular formula is C28H45NO3. The summed E-state index contributed by atoms with van der Waals surface area (Å²) in [5.74, 6) is 2.27. The first kappa shape index (κ1) is 23.8. The molecule has 0 spiro atoms. The van der Waals surface area contributed by atoms with Gasteiger partial charge in [0.1, 0.15) is 0 Å². The highest BCUT2D eigenvalue weighted by Crippen LogP contribution is 2.68. The highest BCUT2D eigenvalue weighted by Gasteiger charge is 2.61. The molecule has 7 atom stereocenters. The van der Waals surface area contributed by atoms with Crippen LogP contribution in [0.1, 0.15) is 99.8 Å². The second-order valence-electron chi connectivity index (χ2n) is 12.6. The maximum atomic E-state index is 13.7. The van der Waals surface area contributed by atoms with Crippen molar-refractivity contribution < 1.29 is 14.7 Å². The van der Waals surface area contributed by atoms with E-state index >= 15 is 0 Å². The first-order chi connectivity index (χ1) is 14.9. The molecule has 4 aliphatic carbocycles. The zero-order chi connectivity index (χ0) is 23.6. The van der Waals surface area contributed by atoms with Crippen LogP contribution in [0.15, 0.2) is 11.1 Å². The number of carbonyl (C=O) groups is 2. The predicted molar refractivity (Wildman–Crippen MR) is 128 cm³/mol. The molecule has 2 unspecified atom stereocenters. The van der Waals surface area contributed by atoms with Crippen LogP contribution < -0.4 is 0 Å². The molecule has 0 radical (unpaired) electrons. The van der Waals surface area contributed by atoms with Crippen molar-refractivity contribution in [3.63, 3.8) is 0 Å². The Labute approximate surface area is 195 Å². The van der Waals surface area contributed by atoms with Crippen molar-refractivity contribution in [2.24, 2.45) is 40.4 Å². The summed E-state index contributed by atoms with van der Waals surface area (Å²) >= 11 is 0. The van der Waals surface area contributed by atoms with Crippen LogP contribution in [-0.4, -0.2) is 34.0 Å². The molecule has 3 fully saturated rings. The number of amides is 1. The minimum atomic E-state index is -0.708. The number of carbonyl (C=O) groups excluding carboxylic acids is 1. The number of hydrogen-bond donors (Lipinski definition) is 1. The Hall–Kier alpha value is -1.32. The number of carboxylic acid groups (broad SMARTS) is 1. The molecule has 32 heavy (non-hydrogen) atoms. The Bertz CT molecular complexity index is 805. The lowest BCUT2D eigenvalue weighted by Crippen LogP contribution is -2.55. The normalized spacial score (nSPS) is 41.3. The molecule has 0 saturated heterocycles. The summed E-state index contributed by atoms with van der Waals surface area (Å²) < 4.78 is 0. The molecule has 0 aromatic carbocycles. The highest BCUT2D eigenvalue weighted by atomic mass is 16.4. The number of hydrogen-bond acceptors (Lipinski definition) is 2. The molecule has 4 heteroatoms. The minimum Gasteiger partial charge on any atom is -0.478 e. The molecule has 3 saturated carbocycles. The zero-order valence-electron chi connectivity index (χ0n) is 21.4. The van der Waals surface area contributed by atoms with Gasteiger partial charge in [0.15, 0.2) is 0 Å². The Morgan fingerprint density at radius 1 is 0.906 bits per heavy atom. The summed E-state index contributed by atoms with van der Waals surface area (Å²) in [4.78, 5) is 27.7. The van der Waals surface area contributed by atoms with E-state index in [9.17, 15) is 14.7 Å². The second-order valence-corrected chi connectivity index (χ2v) is 12.6.